The molecule has 0 aliphatic carbocycles. The van der Waals surface area contributed by atoms with Gasteiger partial charge in [0.05, 0.1) is 18.3 Å². The molecule has 0 unspecified atom stereocenters. The fraction of sp³-hybridized carbons (Fsp3) is 0.118. The molecule has 0 spiro atoms. The van der Waals surface area contributed by atoms with Crippen molar-refractivity contribution >= 4 is 11.7 Å². The lowest BCUT2D eigenvalue weighted by Crippen LogP contribution is -2.15. The van der Waals surface area contributed by atoms with Crippen LogP contribution in [-0.2, 0) is 18.3 Å². The first-order valence-corrected chi connectivity index (χ1v) is 7.10. The van der Waals surface area contributed by atoms with Crippen LogP contribution >= 0.6 is 0 Å². The molecule has 1 N–H and O–H groups in total. The second kappa shape index (κ2) is 6.39. The van der Waals surface area contributed by atoms with Gasteiger partial charge in [-0.3, -0.25) is 9.48 Å². The maximum Gasteiger partial charge on any atom is 0.229 e. The molecule has 0 saturated carbocycles. The Morgan fingerprint density at radius 1 is 1.26 bits per heavy atom. The summed E-state index contributed by atoms with van der Waals surface area (Å²) >= 11 is 0. The largest absolute Gasteiger partial charge is 0.310 e. The van der Waals surface area contributed by atoms with Crippen molar-refractivity contribution in [3.63, 3.8) is 0 Å². The van der Waals surface area contributed by atoms with Crippen molar-refractivity contribution in [3.05, 3.63) is 66.2 Å². The third-order valence-electron chi connectivity index (χ3n) is 3.27. The smallest absolute Gasteiger partial charge is 0.229 e. The molecule has 0 aliphatic rings. The Kier molecular flexibility index (Phi) is 4.14. The van der Waals surface area contributed by atoms with Gasteiger partial charge in [-0.2, -0.15) is 5.10 Å². The number of aromatic nitrogens is 3. The number of amides is 1. The van der Waals surface area contributed by atoms with E-state index in [1.165, 1.54) is 12.1 Å². The second-order valence-corrected chi connectivity index (χ2v) is 5.17. The van der Waals surface area contributed by atoms with Crippen LogP contribution in [0.4, 0.5) is 10.2 Å². The summed E-state index contributed by atoms with van der Waals surface area (Å²) < 4.78 is 14.8. The molecule has 0 saturated heterocycles. The molecule has 116 valence electrons. The third kappa shape index (κ3) is 3.79. The maximum atomic E-state index is 13.1. The van der Waals surface area contributed by atoms with E-state index in [9.17, 15) is 9.18 Å². The van der Waals surface area contributed by atoms with Gasteiger partial charge < -0.3 is 5.32 Å². The number of benzene rings is 1. The van der Waals surface area contributed by atoms with E-state index in [0.29, 0.717) is 11.4 Å². The highest BCUT2D eigenvalue weighted by Crippen LogP contribution is 2.18. The van der Waals surface area contributed by atoms with Gasteiger partial charge in [0.1, 0.15) is 11.6 Å². The Labute approximate surface area is 132 Å². The molecule has 5 nitrogen and oxygen atoms in total. The topological polar surface area (TPSA) is 59.8 Å². The summed E-state index contributed by atoms with van der Waals surface area (Å²) in [5, 5.41) is 6.83. The zero-order valence-electron chi connectivity index (χ0n) is 12.5. The molecule has 2 aromatic heterocycles. The Morgan fingerprint density at radius 3 is 2.83 bits per heavy atom. The lowest BCUT2D eigenvalue weighted by Gasteiger charge is -2.06. The minimum absolute atomic E-state index is 0.0938. The third-order valence-corrected chi connectivity index (χ3v) is 3.27. The summed E-state index contributed by atoms with van der Waals surface area (Å²) in [4.78, 5) is 16.5. The van der Waals surface area contributed by atoms with E-state index in [2.05, 4.69) is 15.4 Å². The van der Waals surface area contributed by atoms with Crippen molar-refractivity contribution in [2.45, 2.75) is 6.42 Å². The summed E-state index contributed by atoms with van der Waals surface area (Å²) in [5.74, 6) is -0.147. The number of halogens is 1. The van der Waals surface area contributed by atoms with Gasteiger partial charge in [0, 0.05) is 18.8 Å². The fourth-order valence-electron chi connectivity index (χ4n) is 2.24. The summed E-state index contributed by atoms with van der Waals surface area (Å²) in [6.07, 6.45) is 3.65. The number of nitrogens with zero attached hydrogens (tertiary/aromatic N) is 3. The highest BCUT2D eigenvalue weighted by Gasteiger charge is 2.08. The SMILES string of the molecule is Cn1cc(-c2cccc(NC(=O)Cc3cccc(F)c3)n2)cn1. The first-order valence-electron chi connectivity index (χ1n) is 7.10. The van der Waals surface area contributed by atoms with Crippen LogP contribution in [0.5, 0.6) is 0 Å². The number of hydrogen-bond donors (Lipinski definition) is 1. The normalized spacial score (nSPS) is 10.5. The van der Waals surface area contributed by atoms with Crippen molar-refractivity contribution in [2.75, 3.05) is 5.32 Å². The van der Waals surface area contributed by atoms with E-state index < -0.39 is 0 Å². The first-order chi connectivity index (χ1) is 11.1. The predicted molar refractivity (Wildman–Crippen MR) is 85.2 cm³/mol. The Hall–Kier alpha value is -3.02. The lowest BCUT2D eigenvalue weighted by atomic mass is 10.1. The Bertz CT molecular complexity index is 844. The summed E-state index contributed by atoms with van der Waals surface area (Å²) in [5.41, 5.74) is 2.21. The van der Waals surface area contributed by atoms with Crippen molar-refractivity contribution in [1.29, 1.82) is 0 Å². The van der Waals surface area contributed by atoms with E-state index in [1.807, 2.05) is 25.4 Å². The highest BCUT2D eigenvalue weighted by atomic mass is 19.1. The van der Waals surface area contributed by atoms with E-state index in [0.717, 1.165) is 11.3 Å². The number of carbonyl (C=O) groups is 1. The number of rotatable bonds is 4. The van der Waals surface area contributed by atoms with Crippen molar-refractivity contribution in [1.82, 2.24) is 14.8 Å². The number of hydrogen-bond acceptors (Lipinski definition) is 3. The van der Waals surface area contributed by atoms with Crippen LogP contribution in [0.15, 0.2) is 54.9 Å². The molecule has 1 aromatic carbocycles. The molecular weight excluding hydrogens is 295 g/mol. The van der Waals surface area contributed by atoms with E-state index >= 15 is 0 Å². The van der Waals surface area contributed by atoms with Crippen LogP contribution in [-0.4, -0.2) is 20.7 Å². The summed E-state index contributed by atoms with van der Waals surface area (Å²) in [6.45, 7) is 0. The average molecular weight is 310 g/mol. The molecule has 1 amide bonds. The van der Waals surface area contributed by atoms with Crippen molar-refractivity contribution in [3.8, 4) is 11.3 Å². The number of carbonyl (C=O) groups excluding carboxylic acids is 1. The first kappa shape index (κ1) is 14.9. The molecule has 3 aromatic rings. The molecule has 0 radical (unpaired) electrons. The Morgan fingerprint density at radius 2 is 2.09 bits per heavy atom. The van der Waals surface area contributed by atoms with Gasteiger partial charge in [0.25, 0.3) is 0 Å². The zero-order valence-corrected chi connectivity index (χ0v) is 12.5. The van der Waals surface area contributed by atoms with Gasteiger partial charge in [0.15, 0.2) is 0 Å². The monoisotopic (exact) mass is 310 g/mol. The molecule has 0 aliphatic heterocycles. The van der Waals surface area contributed by atoms with Crippen molar-refractivity contribution in [2.24, 2.45) is 7.05 Å². The summed E-state index contributed by atoms with van der Waals surface area (Å²) in [7, 11) is 1.83. The van der Waals surface area contributed by atoms with Gasteiger partial charge in [-0.05, 0) is 29.8 Å². The van der Waals surface area contributed by atoms with Gasteiger partial charge >= 0.3 is 0 Å². The van der Waals surface area contributed by atoms with Crippen LogP contribution in [0.1, 0.15) is 5.56 Å². The molecular formula is C17H15FN4O. The minimum atomic E-state index is -0.355. The average Bonchev–Trinajstić information content (AvgIpc) is 2.94. The predicted octanol–water partition coefficient (Wildman–Crippen LogP) is 2.80. The van der Waals surface area contributed by atoms with Crippen LogP contribution < -0.4 is 5.32 Å². The molecule has 0 fully saturated rings. The van der Waals surface area contributed by atoms with Crippen LogP contribution in [0.25, 0.3) is 11.3 Å². The molecule has 23 heavy (non-hydrogen) atoms. The quantitative estimate of drug-likeness (QED) is 0.806. The van der Waals surface area contributed by atoms with Gasteiger partial charge in [0.2, 0.25) is 5.91 Å². The van der Waals surface area contributed by atoms with Crippen LogP contribution in [0, 0.1) is 5.82 Å². The highest BCUT2D eigenvalue weighted by molar-refractivity contribution is 5.91. The zero-order chi connectivity index (χ0) is 16.2. The van der Waals surface area contributed by atoms with Gasteiger partial charge in [-0.25, -0.2) is 9.37 Å². The molecule has 0 atom stereocenters. The second-order valence-electron chi connectivity index (χ2n) is 5.17. The number of pyridine rings is 1. The van der Waals surface area contributed by atoms with Crippen LogP contribution in [0.3, 0.4) is 0 Å². The standard InChI is InChI=1S/C17H15FN4O/c1-22-11-13(10-19-22)15-6-3-7-16(20-15)21-17(23)9-12-4-2-5-14(18)8-12/h2-8,10-11H,9H2,1H3,(H,20,21,23). The molecule has 3 rings (SSSR count). The number of anilines is 1. The van der Waals surface area contributed by atoms with Crippen LogP contribution in [0.2, 0.25) is 0 Å². The Balaban J connectivity index is 1.71. The molecule has 6 heteroatoms. The number of nitrogens with one attached hydrogen (secondary N) is 1. The maximum absolute atomic E-state index is 13.1. The van der Waals surface area contributed by atoms with E-state index in [-0.39, 0.29) is 18.1 Å². The fourth-order valence-corrected chi connectivity index (χ4v) is 2.24. The summed E-state index contributed by atoms with van der Waals surface area (Å²) in [6, 6.07) is 11.4. The van der Waals surface area contributed by atoms with E-state index in [4.69, 9.17) is 0 Å². The van der Waals surface area contributed by atoms with Gasteiger partial charge in [-0.1, -0.05) is 18.2 Å². The number of aryl methyl sites for hydroxylation is 1. The van der Waals surface area contributed by atoms with Gasteiger partial charge in [-0.15, -0.1) is 0 Å². The molecule has 0 bridgehead atoms. The minimum Gasteiger partial charge on any atom is -0.310 e. The molecule has 2 heterocycles. The van der Waals surface area contributed by atoms with E-state index in [1.54, 1.807) is 29.1 Å². The lowest BCUT2D eigenvalue weighted by molar-refractivity contribution is -0.115. The van der Waals surface area contributed by atoms with Crippen molar-refractivity contribution < 1.29 is 9.18 Å².